The van der Waals surface area contributed by atoms with Gasteiger partial charge in [0, 0.05) is 41.2 Å². The van der Waals surface area contributed by atoms with Crippen LogP contribution in [0.5, 0.6) is 11.5 Å². The Morgan fingerprint density at radius 1 is 0.970 bits per heavy atom. The van der Waals surface area contributed by atoms with Crippen molar-refractivity contribution in [2.75, 3.05) is 6.79 Å². The molecule has 1 aromatic heterocycles. The average Bonchev–Trinajstić information content (AvgIpc) is 3.28. The van der Waals surface area contributed by atoms with Gasteiger partial charge < -0.3 is 9.47 Å². The van der Waals surface area contributed by atoms with Gasteiger partial charge in [-0.25, -0.2) is 0 Å². The maximum absolute atomic E-state index is 6.09. The second-order valence-corrected chi connectivity index (χ2v) is 12.7. The van der Waals surface area contributed by atoms with Crippen LogP contribution in [0.1, 0.15) is 83.9 Å². The first-order chi connectivity index (χ1) is 15.7. The van der Waals surface area contributed by atoms with Crippen LogP contribution in [0.3, 0.4) is 0 Å². The predicted octanol–water partition coefficient (Wildman–Crippen LogP) is 6.43. The van der Waals surface area contributed by atoms with Gasteiger partial charge in [-0.15, -0.1) is 0 Å². The highest BCUT2D eigenvalue weighted by atomic mass is 16.7. The lowest BCUT2D eigenvalue weighted by molar-refractivity contribution is -0.744. The van der Waals surface area contributed by atoms with Gasteiger partial charge >= 0.3 is 0 Å². The van der Waals surface area contributed by atoms with Crippen molar-refractivity contribution in [2.24, 2.45) is 10.8 Å². The summed E-state index contributed by atoms with van der Waals surface area (Å²) >= 11 is 0. The molecule has 0 bridgehead atoms. The molecule has 3 heteroatoms. The molecule has 33 heavy (non-hydrogen) atoms. The second-order valence-electron chi connectivity index (χ2n) is 12.7. The summed E-state index contributed by atoms with van der Waals surface area (Å²) in [4.78, 5) is 0. The van der Waals surface area contributed by atoms with E-state index in [2.05, 4.69) is 70.5 Å². The Balaban J connectivity index is 1.59. The third kappa shape index (κ3) is 1.57. The van der Waals surface area contributed by atoms with Crippen LogP contribution in [-0.2, 0) is 22.8 Å². The Bertz CT molecular complexity index is 1470. The van der Waals surface area contributed by atoms with E-state index in [1.807, 2.05) is 0 Å². The largest absolute Gasteiger partial charge is 0.454 e. The molecule has 0 N–H and O–H groups in total. The Morgan fingerprint density at radius 3 is 2.45 bits per heavy atom. The highest BCUT2D eigenvalue weighted by Gasteiger charge is 2.86. The van der Waals surface area contributed by atoms with Crippen molar-refractivity contribution in [2.45, 2.75) is 90.0 Å². The van der Waals surface area contributed by atoms with Crippen molar-refractivity contribution < 1.29 is 14.0 Å². The fourth-order valence-electron chi connectivity index (χ4n) is 10.4. The molecule has 2 aromatic carbocycles. The lowest BCUT2D eigenvalue weighted by Gasteiger charge is -2.79. The van der Waals surface area contributed by atoms with Gasteiger partial charge in [-0.3, -0.25) is 0 Å². The van der Waals surface area contributed by atoms with Gasteiger partial charge in [-0.1, -0.05) is 47.6 Å². The van der Waals surface area contributed by atoms with Gasteiger partial charge in [0.2, 0.25) is 12.3 Å². The summed E-state index contributed by atoms with van der Waals surface area (Å²) in [5.74, 6) is 1.92. The zero-order chi connectivity index (χ0) is 22.8. The number of nitrogens with zero attached hydrogens (tertiary/aromatic N) is 1. The van der Waals surface area contributed by atoms with E-state index in [0.29, 0.717) is 17.6 Å². The van der Waals surface area contributed by atoms with Crippen molar-refractivity contribution >= 4 is 21.7 Å². The molecule has 0 radical (unpaired) electrons. The van der Waals surface area contributed by atoms with Gasteiger partial charge in [-0.2, -0.15) is 4.57 Å². The van der Waals surface area contributed by atoms with E-state index in [-0.39, 0.29) is 16.4 Å². The van der Waals surface area contributed by atoms with Crippen LogP contribution < -0.4 is 14.0 Å². The molecule has 3 aliphatic carbocycles. The summed E-state index contributed by atoms with van der Waals surface area (Å²) < 4.78 is 14.7. The van der Waals surface area contributed by atoms with Crippen LogP contribution in [0.25, 0.3) is 21.7 Å². The monoisotopic (exact) mass is 440 g/mol. The van der Waals surface area contributed by atoms with Crippen molar-refractivity contribution in [1.82, 2.24) is 0 Å². The standard InChI is InChI=1S/C30H34NO2/c1-7-30(8-2)12-19-22-17(11-21-25(19)33-16-32-21)9-10-18-23-20(13-31(30)24(18)22)27(4)14-26(3)15-28(23,5)29(26,27)6/h9-11,13H,7-8,12,14-16H2,1-6H3/q+1. The predicted molar refractivity (Wildman–Crippen MR) is 130 cm³/mol. The number of pyridine rings is 1. The number of ether oxygens (including phenoxy) is 2. The smallest absolute Gasteiger partial charge is 0.231 e. The number of fused-ring (bicyclic) bond motifs is 6. The zero-order valence-corrected chi connectivity index (χ0v) is 20.8. The van der Waals surface area contributed by atoms with Crippen LogP contribution in [0, 0.1) is 10.8 Å². The fraction of sp³-hybridized carbons (Fsp3) is 0.567. The third-order valence-corrected chi connectivity index (χ3v) is 12.1. The number of rotatable bonds is 2. The van der Waals surface area contributed by atoms with Gasteiger partial charge in [0.25, 0.3) is 0 Å². The second kappa shape index (κ2) is 5.04. The highest BCUT2D eigenvalue weighted by molar-refractivity contribution is 6.09. The lowest BCUT2D eigenvalue weighted by atomic mass is 9.23. The van der Waals surface area contributed by atoms with Gasteiger partial charge in [-0.05, 0) is 46.8 Å². The van der Waals surface area contributed by atoms with Gasteiger partial charge in [0.15, 0.2) is 23.2 Å². The number of benzene rings is 2. The Hall–Kier alpha value is -2.29. The molecule has 8 rings (SSSR count). The quantitative estimate of drug-likeness (QED) is 0.338. The van der Waals surface area contributed by atoms with Gasteiger partial charge in [0.1, 0.15) is 0 Å². The van der Waals surface area contributed by atoms with E-state index >= 15 is 0 Å². The van der Waals surface area contributed by atoms with E-state index in [1.54, 1.807) is 11.1 Å². The molecule has 0 saturated heterocycles. The molecule has 2 saturated carbocycles. The summed E-state index contributed by atoms with van der Waals surface area (Å²) in [5, 5.41) is 4.18. The van der Waals surface area contributed by atoms with E-state index in [9.17, 15) is 0 Å². The topological polar surface area (TPSA) is 22.3 Å². The van der Waals surface area contributed by atoms with E-state index in [1.165, 1.54) is 40.1 Å². The van der Waals surface area contributed by atoms with Crippen molar-refractivity contribution in [1.29, 1.82) is 0 Å². The van der Waals surface area contributed by atoms with E-state index < -0.39 is 0 Å². The van der Waals surface area contributed by atoms with Crippen molar-refractivity contribution in [3.05, 3.63) is 41.1 Å². The Kier molecular flexibility index (Phi) is 2.91. The van der Waals surface area contributed by atoms with Crippen LogP contribution in [0.15, 0.2) is 24.4 Å². The summed E-state index contributed by atoms with van der Waals surface area (Å²) in [6.07, 6.45) is 8.52. The zero-order valence-electron chi connectivity index (χ0n) is 20.8. The SMILES string of the molecule is CCC1(CC)Cc2c3c(cc4ccc5c6c(c[n+]1c5c24)C1(C)CC2(C)CC6(C)C21C)OCO3. The highest BCUT2D eigenvalue weighted by Crippen LogP contribution is 2.89. The van der Waals surface area contributed by atoms with E-state index in [0.717, 1.165) is 30.8 Å². The maximum atomic E-state index is 6.09. The molecule has 4 unspecified atom stereocenters. The molecule has 3 heterocycles. The summed E-state index contributed by atoms with van der Waals surface area (Å²) in [6, 6.07) is 7.00. The lowest BCUT2D eigenvalue weighted by Crippen LogP contribution is -2.76. The molecule has 4 atom stereocenters. The minimum absolute atomic E-state index is 0.0719. The maximum Gasteiger partial charge on any atom is 0.231 e. The van der Waals surface area contributed by atoms with Crippen LogP contribution >= 0.6 is 0 Å². The molecule has 2 aliphatic heterocycles. The molecule has 3 aromatic rings. The first kappa shape index (κ1) is 19.1. The first-order valence-electron chi connectivity index (χ1n) is 13.0. The van der Waals surface area contributed by atoms with Crippen LogP contribution in [0.4, 0.5) is 0 Å². The molecule has 5 aliphatic rings. The molecule has 3 nitrogen and oxygen atoms in total. The molecular formula is C30H34NO2+. The average molecular weight is 441 g/mol. The van der Waals surface area contributed by atoms with E-state index in [4.69, 9.17) is 9.47 Å². The summed E-state index contributed by atoms with van der Waals surface area (Å²) in [6.45, 7) is 15.4. The molecule has 0 amide bonds. The normalized spacial score (nSPS) is 37.8. The number of hydrogen-bond acceptors (Lipinski definition) is 2. The van der Waals surface area contributed by atoms with Crippen LogP contribution in [0.2, 0.25) is 0 Å². The minimum Gasteiger partial charge on any atom is -0.454 e. The summed E-state index contributed by atoms with van der Waals surface area (Å²) in [5.41, 5.74) is 7.55. The van der Waals surface area contributed by atoms with Crippen molar-refractivity contribution in [3.8, 4) is 11.5 Å². The molecule has 2 fully saturated rings. The Labute approximate surface area is 196 Å². The van der Waals surface area contributed by atoms with Gasteiger partial charge in [0.05, 0.1) is 10.8 Å². The number of hydrogen-bond donors (Lipinski definition) is 0. The summed E-state index contributed by atoms with van der Waals surface area (Å²) in [7, 11) is 0. The number of aromatic nitrogens is 1. The van der Waals surface area contributed by atoms with Crippen molar-refractivity contribution in [3.63, 3.8) is 0 Å². The Morgan fingerprint density at radius 2 is 1.73 bits per heavy atom. The minimum atomic E-state index is 0.0719. The molecule has 0 spiro atoms. The van der Waals surface area contributed by atoms with Crippen LogP contribution in [-0.4, -0.2) is 6.79 Å². The third-order valence-electron chi connectivity index (χ3n) is 12.1. The first-order valence-corrected chi connectivity index (χ1v) is 13.0. The fourth-order valence-corrected chi connectivity index (χ4v) is 10.4. The molecular weight excluding hydrogens is 406 g/mol. The molecule has 170 valence electrons.